The molecule has 3 aromatic rings. The third kappa shape index (κ3) is 3.75. The number of aromatic nitrogens is 1. The summed E-state index contributed by atoms with van der Waals surface area (Å²) in [6, 6.07) is 8.89. The molecule has 10 heteroatoms. The minimum atomic E-state index is -4.52. The second kappa shape index (κ2) is 6.54. The third-order valence-electron chi connectivity index (χ3n) is 3.40. The van der Waals surface area contributed by atoms with Crippen LogP contribution in [0.2, 0.25) is 0 Å². The molecular formula is C16H11F4N3O2S. The first kappa shape index (κ1) is 18.1. The molecule has 5 nitrogen and oxygen atoms in total. The Morgan fingerprint density at radius 3 is 2.42 bits per heavy atom. The molecule has 0 aliphatic carbocycles. The number of rotatable bonds is 3. The van der Waals surface area contributed by atoms with Crippen molar-refractivity contribution in [2.75, 3.05) is 0 Å². The molecule has 3 rings (SSSR count). The van der Waals surface area contributed by atoms with Gasteiger partial charge in [0.2, 0.25) is 0 Å². The molecule has 0 radical (unpaired) electrons. The average Bonchev–Trinajstić information content (AvgIpc) is 3.01. The summed E-state index contributed by atoms with van der Waals surface area (Å²) in [5.41, 5.74) is -0.486. The van der Waals surface area contributed by atoms with Crippen LogP contribution in [0.25, 0.3) is 11.3 Å². The van der Waals surface area contributed by atoms with Gasteiger partial charge in [0.05, 0.1) is 10.5 Å². The lowest BCUT2D eigenvalue weighted by Crippen LogP contribution is -2.13. The van der Waals surface area contributed by atoms with Gasteiger partial charge in [-0.3, -0.25) is 0 Å². The Labute approximate surface area is 145 Å². The summed E-state index contributed by atoms with van der Waals surface area (Å²) in [5.74, 6) is -0.521. The van der Waals surface area contributed by atoms with Gasteiger partial charge in [-0.05, 0) is 36.4 Å². The van der Waals surface area contributed by atoms with Crippen LogP contribution in [0.1, 0.15) is 5.56 Å². The van der Waals surface area contributed by atoms with Gasteiger partial charge >= 0.3 is 6.18 Å². The lowest BCUT2D eigenvalue weighted by atomic mass is 10.1. The summed E-state index contributed by atoms with van der Waals surface area (Å²) < 4.78 is 72.5. The van der Waals surface area contributed by atoms with Crippen molar-refractivity contribution in [2.45, 2.75) is 11.1 Å². The zero-order valence-corrected chi connectivity index (χ0v) is 13.7. The van der Waals surface area contributed by atoms with E-state index in [1.807, 2.05) is 0 Å². The molecule has 136 valence electrons. The van der Waals surface area contributed by atoms with Gasteiger partial charge in [0.1, 0.15) is 27.1 Å². The van der Waals surface area contributed by atoms with Crippen LogP contribution in [0.15, 0.2) is 68.6 Å². The van der Waals surface area contributed by atoms with E-state index in [1.54, 1.807) is 0 Å². The van der Waals surface area contributed by atoms with Crippen LogP contribution in [0.5, 0.6) is 0 Å². The number of nitrogens with two attached hydrogens (primary N) is 1. The molecule has 2 N–H and O–H groups in total. The van der Waals surface area contributed by atoms with E-state index in [0.29, 0.717) is 5.56 Å². The second-order valence-electron chi connectivity index (χ2n) is 5.24. The van der Waals surface area contributed by atoms with Gasteiger partial charge in [-0.2, -0.15) is 17.5 Å². The van der Waals surface area contributed by atoms with E-state index in [2.05, 4.69) is 9.52 Å². The topological polar surface area (TPSA) is 81.5 Å². The molecule has 1 heterocycles. The van der Waals surface area contributed by atoms with Gasteiger partial charge in [-0.25, -0.2) is 13.7 Å². The van der Waals surface area contributed by atoms with E-state index >= 15 is 0 Å². The minimum absolute atomic E-state index is 0.0111. The van der Waals surface area contributed by atoms with Gasteiger partial charge < -0.3 is 4.52 Å². The van der Waals surface area contributed by atoms with Crippen LogP contribution in [-0.2, 0) is 16.1 Å². The Hall–Kier alpha value is -2.72. The molecule has 0 aliphatic rings. The molecule has 2 aromatic carbocycles. The normalized spacial score (nSPS) is 14.0. The van der Waals surface area contributed by atoms with Crippen LogP contribution >= 0.6 is 0 Å². The van der Waals surface area contributed by atoms with Crippen LogP contribution in [0.3, 0.4) is 0 Å². The van der Waals surface area contributed by atoms with E-state index in [4.69, 9.17) is 9.66 Å². The highest BCUT2D eigenvalue weighted by atomic mass is 32.2. The Bertz CT molecular complexity index is 1050. The fraction of sp³-hybridized carbons (Fsp3) is 0.0625. The van der Waals surface area contributed by atoms with E-state index < -0.39 is 27.5 Å². The SMILES string of the molecule is NS(=O)(=Nc1conc1-c1cccc(F)c1)c1ccc(C(F)(F)F)cc1. The molecule has 0 saturated heterocycles. The molecule has 1 unspecified atom stereocenters. The third-order valence-corrected chi connectivity index (χ3v) is 4.82. The zero-order valence-electron chi connectivity index (χ0n) is 12.9. The summed E-state index contributed by atoms with van der Waals surface area (Å²) in [6.07, 6.45) is -3.46. The van der Waals surface area contributed by atoms with Gasteiger partial charge in [0.15, 0.2) is 6.26 Å². The lowest BCUT2D eigenvalue weighted by Gasteiger charge is -2.08. The van der Waals surface area contributed by atoms with E-state index in [-0.39, 0.29) is 16.3 Å². The second-order valence-corrected chi connectivity index (χ2v) is 7.03. The molecule has 0 spiro atoms. The monoisotopic (exact) mass is 385 g/mol. The van der Waals surface area contributed by atoms with Crippen molar-refractivity contribution in [3.05, 3.63) is 66.2 Å². The Morgan fingerprint density at radius 1 is 1.12 bits per heavy atom. The Balaban J connectivity index is 2.02. The Kier molecular flexibility index (Phi) is 4.55. The van der Waals surface area contributed by atoms with Gasteiger partial charge in [0, 0.05) is 5.56 Å². The number of halogens is 4. The summed E-state index contributed by atoms with van der Waals surface area (Å²) in [4.78, 5) is -0.100. The van der Waals surface area contributed by atoms with Crippen molar-refractivity contribution in [3.63, 3.8) is 0 Å². The fourth-order valence-electron chi connectivity index (χ4n) is 2.17. The Morgan fingerprint density at radius 2 is 1.81 bits per heavy atom. The first-order valence-corrected chi connectivity index (χ1v) is 8.67. The predicted octanol–water partition coefficient (Wildman–Crippen LogP) is 4.53. The van der Waals surface area contributed by atoms with Crippen LogP contribution < -0.4 is 5.14 Å². The van der Waals surface area contributed by atoms with Gasteiger partial charge in [-0.1, -0.05) is 17.3 Å². The standard InChI is InChI=1S/C16H11F4N3O2S/c17-12-3-1-2-10(8-12)15-14(9-25-22-15)23-26(21,24)13-6-4-11(5-7-13)16(18,19)20/h1-9H,(H2,21,23,24). The number of benzene rings is 2. The molecule has 26 heavy (non-hydrogen) atoms. The molecule has 1 aromatic heterocycles. The first-order valence-electron chi connectivity index (χ1n) is 7.09. The fourth-order valence-corrected chi connectivity index (χ4v) is 3.22. The summed E-state index contributed by atoms with van der Waals surface area (Å²) in [7, 11) is -3.57. The van der Waals surface area contributed by atoms with Crippen molar-refractivity contribution in [1.29, 1.82) is 0 Å². The largest absolute Gasteiger partial charge is 0.416 e. The smallest absolute Gasteiger partial charge is 0.362 e. The van der Waals surface area contributed by atoms with Crippen molar-refractivity contribution >= 4 is 15.6 Å². The van der Waals surface area contributed by atoms with Gasteiger partial charge in [0.25, 0.3) is 0 Å². The summed E-state index contributed by atoms with van der Waals surface area (Å²) in [6.45, 7) is 0. The molecule has 1 atom stereocenters. The van der Waals surface area contributed by atoms with Crippen LogP contribution in [0.4, 0.5) is 23.2 Å². The first-order chi connectivity index (χ1) is 12.2. The quantitative estimate of drug-likeness (QED) is 0.673. The molecular weight excluding hydrogens is 374 g/mol. The average molecular weight is 385 g/mol. The molecule has 0 fully saturated rings. The van der Waals surface area contributed by atoms with Crippen LogP contribution in [-0.4, -0.2) is 9.37 Å². The number of hydrogen-bond acceptors (Lipinski definition) is 4. The maximum absolute atomic E-state index is 13.4. The lowest BCUT2D eigenvalue weighted by molar-refractivity contribution is -0.137. The number of hydrogen-bond donors (Lipinski definition) is 1. The van der Waals surface area contributed by atoms with E-state index in [1.165, 1.54) is 24.3 Å². The summed E-state index contributed by atoms with van der Waals surface area (Å²) in [5, 5.41) is 9.39. The molecule has 0 aliphatic heterocycles. The minimum Gasteiger partial charge on any atom is -0.362 e. The van der Waals surface area contributed by atoms with Crippen molar-refractivity contribution in [2.24, 2.45) is 9.50 Å². The number of nitrogens with zero attached hydrogens (tertiary/aromatic N) is 2. The zero-order chi connectivity index (χ0) is 18.9. The predicted molar refractivity (Wildman–Crippen MR) is 86.0 cm³/mol. The van der Waals surface area contributed by atoms with Crippen LogP contribution in [0, 0.1) is 5.82 Å². The molecule has 0 saturated carbocycles. The molecule has 0 bridgehead atoms. The highest BCUT2D eigenvalue weighted by molar-refractivity contribution is 7.91. The van der Waals surface area contributed by atoms with Crippen molar-refractivity contribution in [1.82, 2.24) is 5.16 Å². The van der Waals surface area contributed by atoms with E-state index in [0.717, 1.165) is 30.5 Å². The maximum Gasteiger partial charge on any atom is 0.416 e. The van der Waals surface area contributed by atoms with Crippen molar-refractivity contribution < 1.29 is 26.3 Å². The van der Waals surface area contributed by atoms with E-state index in [9.17, 15) is 21.8 Å². The summed E-state index contributed by atoms with van der Waals surface area (Å²) >= 11 is 0. The highest BCUT2D eigenvalue weighted by Gasteiger charge is 2.30. The molecule has 0 amide bonds. The van der Waals surface area contributed by atoms with Gasteiger partial charge in [-0.15, -0.1) is 0 Å². The maximum atomic E-state index is 13.4. The number of alkyl halides is 3. The highest BCUT2D eigenvalue weighted by Crippen LogP contribution is 2.32. The van der Waals surface area contributed by atoms with Crippen molar-refractivity contribution in [3.8, 4) is 11.3 Å².